The van der Waals surface area contributed by atoms with Crippen molar-refractivity contribution < 1.29 is 9.59 Å². The van der Waals surface area contributed by atoms with Crippen molar-refractivity contribution in [1.29, 1.82) is 0 Å². The Morgan fingerprint density at radius 1 is 1.35 bits per heavy atom. The molecule has 1 heterocycles. The van der Waals surface area contributed by atoms with Crippen molar-refractivity contribution in [1.82, 2.24) is 10.2 Å². The number of nitrogens with one attached hydrogen (secondary N) is 1. The van der Waals surface area contributed by atoms with Crippen LogP contribution < -0.4 is 5.32 Å². The van der Waals surface area contributed by atoms with Crippen molar-refractivity contribution in [2.24, 2.45) is 5.92 Å². The highest BCUT2D eigenvalue weighted by Crippen LogP contribution is 2.23. The van der Waals surface area contributed by atoms with E-state index in [9.17, 15) is 9.59 Å². The van der Waals surface area contributed by atoms with E-state index in [2.05, 4.69) is 5.32 Å². The summed E-state index contributed by atoms with van der Waals surface area (Å²) in [6.07, 6.45) is 0. The monoisotopic (exact) mass is 316 g/mol. The first kappa shape index (κ1) is 17.1. The lowest BCUT2D eigenvalue weighted by molar-refractivity contribution is -0.122. The van der Waals surface area contributed by atoms with Gasteiger partial charge in [-0.25, -0.2) is 0 Å². The number of likely N-dealkylation sites (N-methyl/N-ethyl adjacent to an activating group) is 1. The fraction of sp³-hybridized carbons (Fsp3) is 0.571. The molecule has 0 saturated carbocycles. The Labute approximate surface area is 129 Å². The van der Waals surface area contributed by atoms with E-state index in [4.69, 9.17) is 11.6 Å². The van der Waals surface area contributed by atoms with E-state index in [0.717, 1.165) is 0 Å². The highest BCUT2D eigenvalue weighted by atomic mass is 35.5. The van der Waals surface area contributed by atoms with Crippen LogP contribution in [0.3, 0.4) is 0 Å². The summed E-state index contributed by atoms with van der Waals surface area (Å²) in [5, 5.41) is 2.84. The molecule has 1 atom stereocenters. The van der Waals surface area contributed by atoms with Gasteiger partial charge in [0.15, 0.2) is 5.78 Å². The van der Waals surface area contributed by atoms with Crippen LogP contribution in [0, 0.1) is 5.92 Å². The summed E-state index contributed by atoms with van der Waals surface area (Å²) >= 11 is 7.10. The van der Waals surface area contributed by atoms with Crippen molar-refractivity contribution in [3.63, 3.8) is 0 Å². The van der Waals surface area contributed by atoms with E-state index in [1.807, 2.05) is 13.8 Å². The van der Waals surface area contributed by atoms with Gasteiger partial charge < -0.3 is 5.32 Å². The van der Waals surface area contributed by atoms with E-state index in [-0.39, 0.29) is 24.3 Å². The Bertz CT molecular complexity index is 473. The molecule has 1 amide bonds. The third kappa shape index (κ3) is 5.23. The van der Waals surface area contributed by atoms with Gasteiger partial charge in [-0.1, -0.05) is 25.4 Å². The quantitative estimate of drug-likeness (QED) is 0.787. The Balaban J connectivity index is 2.52. The lowest BCUT2D eigenvalue weighted by atomic mass is 10.1. The van der Waals surface area contributed by atoms with E-state index in [0.29, 0.717) is 21.7 Å². The molecule has 6 heteroatoms. The highest BCUT2D eigenvalue weighted by molar-refractivity contribution is 7.18. The topological polar surface area (TPSA) is 49.4 Å². The Morgan fingerprint density at radius 3 is 2.50 bits per heavy atom. The summed E-state index contributed by atoms with van der Waals surface area (Å²) in [7, 11) is 1.77. The molecule has 1 unspecified atom stereocenters. The minimum Gasteiger partial charge on any atom is -0.355 e. The second kappa shape index (κ2) is 7.76. The molecule has 20 heavy (non-hydrogen) atoms. The Hall–Kier alpha value is -0.910. The molecule has 0 fully saturated rings. The minimum absolute atomic E-state index is 0.0129. The van der Waals surface area contributed by atoms with Crippen LogP contribution in [0.1, 0.15) is 30.4 Å². The van der Waals surface area contributed by atoms with Crippen LogP contribution in [-0.4, -0.2) is 42.8 Å². The van der Waals surface area contributed by atoms with Crippen LogP contribution in [0.4, 0.5) is 0 Å². The normalized spacial score (nSPS) is 12.8. The lowest BCUT2D eigenvalue weighted by Gasteiger charge is -2.22. The predicted octanol–water partition coefficient (Wildman–Crippen LogP) is 2.68. The molecule has 1 aromatic heterocycles. The Morgan fingerprint density at radius 2 is 2.00 bits per heavy atom. The molecule has 1 rings (SSSR count). The Kier molecular flexibility index (Phi) is 6.65. The summed E-state index contributed by atoms with van der Waals surface area (Å²) in [5.74, 6) is 0.336. The molecular formula is C14H21ClN2O2S. The number of carbonyl (C=O) groups is 2. The first-order valence-corrected chi connectivity index (χ1v) is 7.77. The summed E-state index contributed by atoms with van der Waals surface area (Å²) in [6.45, 7) is 6.73. The molecular weight excluding hydrogens is 296 g/mol. The molecule has 1 N–H and O–H groups in total. The number of rotatable bonds is 7. The average Bonchev–Trinajstić information content (AvgIpc) is 2.81. The molecule has 0 aliphatic carbocycles. The largest absolute Gasteiger partial charge is 0.355 e. The van der Waals surface area contributed by atoms with Gasteiger partial charge in [0.2, 0.25) is 5.91 Å². The van der Waals surface area contributed by atoms with Crippen LogP contribution >= 0.6 is 22.9 Å². The van der Waals surface area contributed by atoms with Gasteiger partial charge in [0.05, 0.1) is 21.8 Å². The SMILES string of the molecule is CC(C)CNC(=O)CN(C)C(C)C(=O)c1ccc(Cl)s1. The molecule has 0 aliphatic rings. The number of thiophene rings is 1. The van der Waals surface area contributed by atoms with Crippen LogP contribution in [0.2, 0.25) is 4.34 Å². The number of hydrogen-bond acceptors (Lipinski definition) is 4. The third-order valence-corrected chi connectivity index (χ3v) is 4.20. The van der Waals surface area contributed by atoms with E-state index in [1.54, 1.807) is 31.0 Å². The van der Waals surface area contributed by atoms with Gasteiger partial charge in [-0.05, 0) is 32.0 Å². The molecule has 0 aliphatic heterocycles. The number of Topliss-reactive ketones (excluding diaryl/α,β-unsaturated/α-hetero) is 1. The van der Waals surface area contributed by atoms with Gasteiger partial charge in [-0.3, -0.25) is 14.5 Å². The van der Waals surface area contributed by atoms with E-state index < -0.39 is 0 Å². The van der Waals surface area contributed by atoms with E-state index in [1.165, 1.54) is 11.3 Å². The minimum atomic E-state index is -0.352. The summed E-state index contributed by atoms with van der Waals surface area (Å²) in [6, 6.07) is 3.08. The van der Waals surface area contributed by atoms with Crippen LogP contribution in [0.5, 0.6) is 0 Å². The smallest absolute Gasteiger partial charge is 0.234 e. The average molecular weight is 317 g/mol. The second-order valence-electron chi connectivity index (χ2n) is 5.26. The van der Waals surface area contributed by atoms with Crippen molar-refractivity contribution in [2.75, 3.05) is 20.1 Å². The summed E-state index contributed by atoms with van der Waals surface area (Å²) in [4.78, 5) is 26.3. The van der Waals surface area contributed by atoms with Crippen molar-refractivity contribution in [2.45, 2.75) is 26.8 Å². The zero-order valence-corrected chi connectivity index (χ0v) is 13.8. The standard InChI is InChI=1S/C14H21ClN2O2S/c1-9(2)7-16-13(18)8-17(4)10(3)14(19)11-5-6-12(15)20-11/h5-6,9-10H,7-8H2,1-4H3,(H,16,18). The molecule has 112 valence electrons. The molecule has 4 nitrogen and oxygen atoms in total. The van der Waals surface area contributed by atoms with Gasteiger partial charge in [-0.2, -0.15) is 0 Å². The molecule has 0 bridgehead atoms. The highest BCUT2D eigenvalue weighted by Gasteiger charge is 2.22. The zero-order chi connectivity index (χ0) is 15.3. The van der Waals surface area contributed by atoms with Gasteiger partial charge >= 0.3 is 0 Å². The van der Waals surface area contributed by atoms with Gasteiger partial charge in [0.1, 0.15) is 0 Å². The maximum absolute atomic E-state index is 12.2. The summed E-state index contributed by atoms with van der Waals surface area (Å²) in [5.41, 5.74) is 0. The number of nitrogens with zero attached hydrogens (tertiary/aromatic N) is 1. The third-order valence-electron chi connectivity index (χ3n) is 2.96. The van der Waals surface area contributed by atoms with Gasteiger partial charge in [-0.15, -0.1) is 11.3 Å². The number of halogens is 1. The first-order chi connectivity index (χ1) is 9.31. The number of carbonyl (C=O) groups excluding carboxylic acids is 2. The molecule has 0 saturated heterocycles. The number of hydrogen-bond donors (Lipinski definition) is 1. The second-order valence-corrected chi connectivity index (χ2v) is 6.97. The van der Waals surface area contributed by atoms with Crippen LogP contribution in [-0.2, 0) is 4.79 Å². The molecule has 1 aromatic rings. The van der Waals surface area contributed by atoms with E-state index >= 15 is 0 Å². The van der Waals surface area contributed by atoms with Crippen LogP contribution in [0.15, 0.2) is 12.1 Å². The number of ketones is 1. The van der Waals surface area contributed by atoms with Gasteiger partial charge in [0, 0.05) is 6.54 Å². The van der Waals surface area contributed by atoms with Crippen LogP contribution in [0.25, 0.3) is 0 Å². The predicted molar refractivity (Wildman–Crippen MR) is 83.6 cm³/mol. The molecule has 0 spiro atoms. The van der Waals surface area contributed by atoms with Gasteiger partial charge in [0.25, 0.3) is 0 Å². The van der Waals surface area contributed by atoms with Crippen molar-refractivity contribution >= 4 is 34.6 Å². The van der Waals surface area contributed by atoms with Crippen molar-refractivity contribution in [3.05, 3.63) is 21.3 Å². The first-order valence-electron chi connectivity index (χ1n) is 6.57. The fourth-order valence-electron chi connectivity index (χ4n) is 1.59. The zero-order valence-electron chi connectivity index (χ0n) is 12.3. The molecule has 0 aromatic carbocycles. The lowest BCUT2D eigenvalue weighted by Crippen LogP contribution is -2.43. The molecule has 0 radical (unpaired) electrons. The fourth-order valence-corrected chi connectivity index (χ4v) is 2.66. The van der Waals surface area contributed by atoms with Crippen molar-refractivity contribution in [3.8, 4) is 0 Å². The number of amides is 1. The summed E-state index contributed by atoms with van der Waals surface area (Å²) < 4.78 is 0.595. The maximum atomic E-state index is 12.2. The maximum Gasteiger partial charge on any atom is 0.234 e.